The molecule has 0 aromatic heterocycles. The molecule has 6 nitrogen and oxygen atoms in total. The van der Waals surface area contributed by atoms with E-state index in [0.29, 0.717) is 12.5 Å². The predicted molar refractivity (Wildman–Crippen MR) is 123 cm³/mol. The van der Waals surface area contributed by atoms with Gasteiger partial charge in [0.05, 0.1) is 17.2 Å². The standard InChI is InChI=1S/C26H31N3O3/c1-17-8-2-4-10-19(17)26(32)29-15-14-18-9-3-5-11-20(18)23(29)16-28-25(31)22-13-7-6-12-21(22)24(27)30/h3,5-7,9,11-13,17,19,23H,2,4,8,10,14-16H2,1H3,(H2,27,30)(H,28,31)/t17?,19-,23?/m1/s1. The van der Waals surface area contributed by atoms with Gasteiger partial charge in [0.1, 0.15) is 0 Å². The molecule has 6 heteroatoms. The van der Waals surface area contributed by atoms with Crippen LogP contribution < -0.4 is 11.1 Å². The Bertz CT molecular complexity index is 1020. The second-order valence-electron chi connectivity index (χ2n) is 8.98. The van der Waals surface area contributed by atoms with Gasteiger partial charge in [-0.15, -0.1) is 0 Å². The van der Waals surface area contributed by atoms with Gasteiger partial charge in [0, 0.05) is 19.0 Å². The first-order valence-electron chi connectivity index (χ1n) is 11.5. The van der Waals surface area contributed by atoms with Crippen molar-refractivity contribution in [1.29, 1.82) is 0 Å². The molecule has 1 aliphatic heterocycles. The van der Waals surface area contributed by atoms with Crippen LogP contribution in [0.3, 0.4) is 0 Å². The van der Waals surface area contributed by atoms with Crippen molar-refractivity contribution in [2.75, 3.05) is 13.1 Å². The van der Waals surface area contributed by atoms with E-state index in [4.69, 9.17) is 5.73 Å². The summed E-state index contributed by atoms with van der Waals surface area (Å²) in [6.07, 6.45) is 5.12. The van der Waals surface area contributed by atoms with E-state index in [1.54, 1.807) is 24.3 Å². The van der Waals surface area contributed by atoms with Crippen LogP contribution in [0.1, 0.15) is 70.5 Å². The minimum Gasteiger partial charge on any atom is -0.366 e. The molecule has 1 aliphatic carbocycles. The van der Waals surface area contributed by atoms with Crippen molar-refractivity contribution >= 4 is 17.7 Å². The van der Waals surface area contributed by atoms with Crippen LogP contribution >= 0.6 is 0 Å². The molecule has 0 radical (unpaired) electrons. The first-order valence-corrected chi connectivity index (χ1v) is 11.5. The topological polar surface area (TPSA) is 92.5 Å². The molecule has 3 amide bonds. The first kappa shape index (κ1) is 22.1. The molecule has 4 rings (SSSR count). The Morgan fingerprint density at radius 2 is 1.69 bits per heavy atom. The molecule has 2 aromatic carbocycles. The molecule has 1 heterocycles. The minimum atomic E-state index is -0.637. The number of hydrogen-bond donors (Lipinski definition) is 2. The molecular formula is C26H31N3O3. The van der Waals surface area contributed by atoms with Crippen LogP contribution in [0, 0.1) is 11.8 Å². The Morgan fingerprint density at radius 1 is 1.00 bits per heavy atom. The monoisotopic (exact) mass is 433 g/mol. The van der Waals surface area contributed by atoms with Gasteiger partial charge in [-0.25, -0.2) is 0 Å². The van der Waals surface area contributed by atoms with Crippen LogP contribution in [-0.4, -0.2) is 35.7 Å². The van der Waals surface area contributed by atoms with Crippen molar-refractivity contribution in [3.63, 3.8) is 0 Å². The van der Waals surface area contributed by atoms with Gasteiger partial charge in [0.2, 0.25) is 11.8 Å². The zero-order valence-electron chi connectivity index (χ0n) is 18.5. The summed E-state index contributed by atoms with van der Waals surface area (Å²) in [5.41, 5.74) is 8.18. The lowest BCUT2D eigenvalue weighted by molar-refractivity contribution is -0.141. The third kappa shape index (κ3) is 4.40. The van der Waals surface area contributed by atoms with Gasteiger partial charge in [-0.05, 0) is 48.4 Å². The fourth-order valence-electron chi connectivity index (χ4n) is 5.21. The van der Waals surface area contributed by atoms with Crippen LogP contribution in [0.4, 0.5) is 0 Å². The maximum atomic E-state index is 13.6. The number of nitrogens with two attached hydrogens (primary N) is 1. The Morgan fingerprint density at radius 3 is 2.44 bits per heavy atom. The number of primary amides is 1. The molecule has 32 heavy (non-hydrogen) atoms. The van der Waals surface area contributed by atoms with E-state index in [0.717, 1.165) is 31.2 Å². The normalized spacial score (nSPS) is 22.7. The lowest BCUT2D eigenvalue weighted by Crippen LogP contribution is -2.48. The zero-order chi connectivity index (χ0) is 22.7. The third-order valence-electron chi connectivity index (χ3n) is 7.02. The van der Waals surface area contributed by atoms with Gasteiger partial charge in [0.15, 0.2) is 0 Å². The molecular weight excluding hydrogens is 402 g/mol. The third-order valence-corrected chi connectivity index (χ3v) is 7.02. The van der Waals surface area contributed by atoms with Gasteiger partial charge in [-0.2, -0.15) is 0 Å². The fraction of sp³-hybridized carbons (Fsp3) is 0.423. The van der Waals surface area contributed by atoms with Gasteiger partial charge in [-0.3, -0.25) is 14.4 Å². The minimum absolute atomic E-state index is 0.0443. The van der Waals surface area contributed by atoms with Gasteiger partial charge in [-0.1, -0.05) is 56.2 Å². The van der Waals surface area contributed by atoms with Gasteiger partial charge < -0.3 is 16.0 Å². The molecule has 1 fully saturated rings. The lowest BCUT2D eigenvalue weighted by Gasteiger charge is -2.41. The molecule has 2 aliphatic rings. The molecule has 0 saturated heterocycles. The number of fused-ring (bicyclic) bond motifs is 1. The summed E-state index contributed by atoms with van der Waals surface area (Å²) in [7, 11) is 0. The lowest BCUT2D eigenvalue weighted by atomic mass is 9.79. The molecule has 0 bridgehead atoms. The SMILES string of the molecule is CC1CCCC[C@H]1C(=O)N1CCc2ccccc2C1CNC(=O)c1ccccc1C(N)=O. The smallest absolute Gasteiger partial charge is 0.252 e. The highest BCUT2D eigenvalue weighted by molar-refractivity contribution is 6.06. The molecule has 2 aromatic rings. The summed E-state index contributed by atoms with van der Waals surface area (Å²) in [5.74, 6) is -0.375. The Hall–Kier alpha value is -3.15. The van der Waals surface area contributed by atoms with Gasteiger partial charge >= 0.3 is 0 Å². The number of hydrogen-bond acceptors (Lipinski definition) is 3. The maximum Gasteiger partial charge on any atom is 0.252 e. The predicted octanol–water partition coefficient (Wildman–Crippen LogP) is 3.47. The summed E-state index contributed by atoms with van der Waals surface area (Å²) in [5, 5.41) is 2.96. The number of carbonyl (C=O) groups is 3. The van der Waals surface area contributed by atoms with Crippen molar-refractivity contribution in [2.24, 2.45) is 17.6 Å². The molecule has 168 valence electrons. The van der Waals surface area contributed by atoms with Crippen molar-refractivity contribution in [2.45, 2.75) is 45.1 Å². The van der Waals surface area contributed by atoms with E-state index in [9.17, 15) is 14.4 Å². The number of amides is 3. The van der Waals surface area contributed by atoms with Crippen LogP contribution in [-0.2, 0) is 11.2 Å². The van der Waals surface area contributed by atoms with Crippen LogP contribution in [0.5, 0.6) is 0 Å². The molecule has 3 N–H and O–H groups in total. The summed E-state index contributed by atoms with van der Waals surface area (Å²) in [6, 6.07) is 14.4. The highest BCUT2D eigenvalue weighted by Crippen LogP contribution is 2.36. The van der Waals surface area contributed by atoms with Gasteiger partial charge in [0.25, 0.3) is 5.91 Å². The number of nitrogens with one attached hydrogen (secondary N) is 1. The van der Waals surface area contributed by atoms with E-state index in [-0.39, 0.29) is 41.4 Å². The fourth-order valence-corrected chi connectivity index (χ4v) is 5.21. The summed E-state index contributed by atoms with van der Waals surface area (Å²) in [6.45, 7) is 3.12. The van der Waals surface area contributed by atoms with E-state index in [2.05, 4.69) is 18.3 Å². The average Bonchev–Trinajstić information content (AvgIpc) is 2.82. The van der Waals surface area contributed by atoms with Crippen LogP contribution in [0.25, 0.3) is 0 Å². The van der Waals surface area contributed by atoms with E-state index in [1.807, 2.05) is 23.1 Å². The van der Waals surface area contributed by atoms with Crippen molar-refractivity contribution in [3.8, 4) is 0 Å². The summed E-state index contributed by atoms with van der Waals surface area (Å²) in [4.78, 5) is 40.2. The summed E-state index contributed by atoms with van der Waals surface area (Å²) >= 11 is 0. The van der Waals surface area contributed by atoms with E-state index in [1.165, 1.54) is 12.0 Å². The molecule has 1 saturated carbocycles. The highest BCUT2D eigenvalue weighted by atomic mass is 16.2. The quantitative estimate of drug-likeness (QED) is 0.756. The van der Waals surface area contributed by atoms with E-state index < -0.39 is 5.91 Å². The average molecular weight is 434 g/mol. The summed E-state index contributed by atoms with van der Waals surface area (Å²) < 4.78 is 0. The molecule has 2 unspecified atom stereocenters. The molecule has 3 atom stereocenters. The van der Waals surface area contributed by atoms with Crippen LogP contribution in [0.15, 0.2) is 48.5 Å². The zero-order valence-corrected chi connectivity index (χ0v) is 18.5. The second kappa shape index (κ2) is 9.55. The van der Waals surface area contributed by atoms with Crippen molar-refractivity contribution < 1.29 is 14.4 Å². The van der Waals surface area contributed by atoms with Crippen molar-refractivity contribution in [1.82, 2.24) is 10.2 Å². The maximum absolute atomic E-state index is 13.6. The Balaban J connectivity index is 1.58. The Kier molecular flexibility index (Phi) is 6.58. The number of benzene rings is 2. The van der Waals surface area contributed by atoms with Crippen LogP contribution in [0.2, 0.25) is 0 Å². The molecule has 0 spiro atoms. The first-order chi connectivity index (χ1) is 15.5. The number of carbonyl (C=O) groups excluding carboxylic acids is 3. The number of rotatable bonds is 5. The Labute approximate surface area is 189 Å². The highest BCUT2D eigenvalue weighted by Gasteiger charge is 2.37. The second-order valence-corrected chi connectivity index (χ2v) is 8.98. The van der Waals surface area contributed by atoms with E-state index >= 15 is 0 Å². The largest absolute Gasteiger partial charge is 0.366 e. The number of nitrogens with zero attached hydrogens (tertiary/aromatic N) is 1. The van der Waals surface area contributed by atoms with Crippen molar-refractivity contribution in [3.05, 3.63) is 70.8 Å².